The molecule has 0 fully saturated rings. The van der Waals surface area contributed by atoms with E-state index in [1.165, 1.54) is 32.2 Å². The third-order valence-electron chi connectivity index (χ3n) is 3.09. The van der Waals surface area contributed by atoms with Crippen molar-refractivity contribution in [3.63, 3.8) is 0 Å². The van der Waals surface area contributed by atoms with Crippen molar-refractivity contribution in [2.24, 2.45) is 5.92 Å². The summed E-state index contributed by atoms with van der Waals surface area (Å²) in [6, 6.07) is 0.724. The van der Waals surface area contributed by atoms with Gasteiger partial charge >= 0.3 is 0 Å². The molecule has 2 heteroatoms. The summed E-state index contributed by atoms with van der Waals surface area (Å²) in [5, 5.41) is 3.66. The Morgan fingerprint density at radius 1 is 1.13 bits per heavy atom. The lowest BCUT2D eigenvalue weighted by atomic mass is 9.98. The highest BCUT2D eigenvalue weighted by molar-refractivity contribution is 4.68. The van der Waals surface area contributed by atoms with Crippen molar-refractivity contribution in [3.8, 4) is 0 Å². The molecule has 0 aromatic carbocycles. The van der Waals surface area contributed by atoms with Crippen LogP contribution in [0.25, 0.3) is 0 Å². The molecule has 0 rings (SSSR count). The van der Waals surface area contributed by atoms with E-state index in [2.05, 4.69) is 45.1 Å². The maximum atomic E-state index is 3.66. The Morgan fingerprint density at radius 2 is 1.80 bits per heavy atom. The lowest BCUT2D eigenvalue weighted by Gasteiger charge is -2.20. The molecular weight excluding hydrogens is 184 g/mol. The highest BCUT2D eigenvalue weighted by Gasteiger charge is 2.09. The predicted molar refractivity (Wildman–Crippen MR) is 69.3 cm³/mol. The van der Waals surface area contributed by atoms with Crippen molar-refractivity contribution < 1.29 is 0 Å². The molecular formula is C13H30N2. The number of nitrogens with one attached hydrogen (secondary N) is 1. The molecule has 0 saturated heterocycles. The fraction of sp³-hybridized carbons (Fsp3) is 1.00. The van der Waals surface area contributed by atoms with Crippen LogP contribution < -0.4 is 5.32 Å². The second-order valence-corrected chi connectivity index (χ2v) is 4.97. The van der Waals surface area contributed by atoms with E-state index in [-0.39, 0.29) is 0 Å². The average molecular weight is 214 g/mol. The summed E-state index contributed by atoms with van der Waals surface area (Å²) in [6.45, 7) is 9.26. The Kier molecular flexibility index (Phi) is 9.12. The second kappa shape index (κ2) is 9.17. The summed E-state index contributed by atoms with van der Waals surface area (Å²) >= 11 is 0. The van der Waals surface area contributed by atoms with E-state index in [0.717, 1.165) is 18.5 Å². The number of nitrogens with zero attached hydrogens (tertiary/aromatic N) is 1. The van der Waals surface area contributed by atoms with Crippen LogP contribution in [0.5, 0.6) is 0 Å². The number of hydrogen-bond acceptors (Lipinski definition) is 2. The summed E-state index contributed by atoms with van der Waals surface area (Å²) < 4.78 is 0. The third kappa shape index (κ3) is 8.88. The van der Waals surface area contributed by atoms with E-state index in [4.69, 9.17) is 0 Å². The first-order valence-electron chi connectivity index (χ1n) is 6.48. The molecule has 0 aliphatic carbocycles. The standard InChI is InChI=1S/C13H30N2/c1-6-12(3)11-13(7-2)14-9-8-10-15(4)5/h12-14H,6-11H2,1-5H3. The topological polar surface area (TPSA) is 15.3 Å². The van der Waals surface area contributed by atoms with Gasteiger partial charge in [0, 0.05) is 6.04 Å². The molecule has 0 aliphatic rings. The van der Waals surface area contributed by atoms with Gasteiger partial charge in [0.1, 0.15) is 0 Å². The zero-order valence-electron chi connectivity index (χ0n) is 11.3. The first-order valence-corrected chi connectivity index (χ1v) is 6.48. The molecule has 0 aromatic rings. The van der Waals surface area contributed by atoms with Crippen molar-refractivity contribution in [1.29, 1.82) is 0 Å². The molecule has 1 N–H and O–H groups in total. The molecule has 2 unspecified atom stereocenters. The molecule has 0 amide bonds. The molecule has 0 saturated carbocycles. The molecule has 0 spiro atoms. The van der Waals surface area contributed by atoms with E-state index in [1.807, 2.05) is 0 Å². The Labute approximate surface area is 96.4 Å². The first kappa shape index (κ1) is 14.9. The largest absolute Gasteiger partial charge is 0.314 e. The lowest BCUT2D eigenvalue weighted by Crippen LogP contribution is -2.32. The van der Waals surface area contributed by atoms with Crippen LogP contribution in [0.3, 0.4) is 0 Å². The van der Waals surface area contributed by atoms with Crippen LogP contribution in [0, 0.1) is 5.92 Å². The Balaban J connectivity index is 3.52. The maximum absolute atomic E-state index is 3.66. The van der Waals surface area contributed by atoms with Gasteiger partial charge < -0.3 is 10.2 Å². The monoisotopic (exact) mass is 214 g/mol. The van der Waals surface area contributed by atoms with E-state index in [1.54, 1.807) is 0 Å². The molecule has 0 aromatic heterocycles. The van der Waals surface area contributed by atoms with E-state index >= 15 is 0 Å². The summed E-state index contributed by atoms with van der Waals surface area (Å²) in [6.07, 6.45) is 5.14. The second-order valence-electron chi connectivity index (χ2n) is 4.97. The van der Waals surface area contributed by atoms with Crippen LogP contribution in [0.15, 0.2) is 0 Å². The molecule has 0 bridgehead atoms. The average Bonchev–Trinajstić information content (AvgIpc) is 2.21. The van der Waals surface area contributed by atoms with E-state index < -0.39 is 0 Å². The Bertz CT molecular complexity index is 134. The summed E-state index contributed by atoms with van der Waals surface area (Å²) in [5.74, 6) is 0.858. The molecule has 2 atom stereocenters. The highest BCUT2D eigenvalue weighted by atomic mass is 15.1. The van der Waals surface area contributed by atoms with Crippen LogP contribution in [0.4, 0.5) is 0 Å². The Hall–Kier alpha value is -0.0800. The van der Waals surface area contributed by atoms with Crippen molar-refractivity contribution in [3.05, 3.63) is 0 Å². The van der Waals surface area contributed by atoms with Crippen LogP contribution >= 0.6 is 0 Å². The smallest absolute Gasteiger partial charge is 0.00669 e. The summed E-state index contributed by atoms with van der Waals surface area (Å²) in [7, 11) is 4.27. The zero-order valence-corrected chi connectivity index (χ0v) is 11.3. The van der Waals surface area contributed by atoms with Gasteiger partial charge in [-0.05, 0) is 52.4 Å². The van der Waals surface area contributed by atoms with Gasteiger partial charge in [0.2, 0.25) is 0 Å². The molecule has 15 heavy (non-hydrogen) atoms. The molecule has 0 heterocycles. The van der Waals surface area contributed by atoms with Gasteiger partial charge in [0.25, 0.3) is 0 Å². The third-order valence-corrected chi connectivity index (χ3v) is 3.09. The van der Waals surface area contributed by atoms with Gasteiger partial charge in [-0.1, -0.05) is 27.2 Å². The predicted octanol–water partition coefficient (Wildman–Crippen LogP) is 2.74. The van der Waals surface area contributed by atoms with E-state index in [0.29, 0.717) is 0 Å². The van der Waals surface area contributed by atoms with Crippen LogP contribution in [-0.4, -0.2) is 38.1 Å². The molecule has 0 aliphatic heterocycles. The highest BCUT2D eigenvalue weighted by Crippen LogP contribution is 2.11. The number of hydrogen-bond donors (Lipinski definition) is 1. The van der Waals surface area contributed by atoms with Crippen LogP contribution in [0.1, 0.15) is 46.5 Å². The SMILES string of the molecule is CCC(C)CC(CC)NCCCN(C)C. The van der Waals surface area contributed by atoms with Crippen LogP contribution in [0.2, 0.25) is 0 Å². The van der Waals surface area contributed by atoms with Crippen LogP contribution in [-0.2, 0) is 0 Å². The lowest BCUT2D eigenvalue weighted by molar-refractivity contribution is 0.357. The minimum atomic E-state index is 0.724. The fourth-order valence-electron chi connectivity index (χ4n) is 1.75. The van der Waals surface area contributed by atoms with Gasteiger partial charge in [0.05, 0.1) is 0 Å². The maximum Gasteiger partial charge on any atom is 0.00669 e. The van der Waals surface area contributed by atoms with Gasteiger partial charge in [-0.3, -0.25) is 0 Å². The van der Waals surface area contributed by atoms with Gasteiger partial charge in [-0.15, -0.1) is 0 Å². The molecule has 0 radical (unpaired) electrons. The molecule has 2 nitrogen and oxygen atoms in total. The van der Waals surface area contributed by atoms with Gasteiger partial charge in [-0.2, -0.15) is 0 Å². The minimum Gasteiger partial charge on any atom is -0.314 e. The minimum absolute atomic E-state index is 0.724. The van der Waals surface area contributed by atoms with Gasteiger partial charge in [-0.25, -0.2) is 0 Å². The normalized spacial score (nSPS) is 15.6. The number of rotatable bonds is 9. The van der Waals surface area contributed by atoms with Crippen molar-refractivity contribution in [2.45, 2.75) is 52.5 Å². The quantitative estimate of drug-likeness (QED) is 0.594. The first-order chi connectivity index (χ1) is 7.10. The summed E-state index contributed by atoms with van der Waals surface area (Å²) in [5.41, 5.74) is 0. The van der Waals surface area contributed by atoms with Crippen molar-refractivity contribution in [1.82, 2.24) is 10.2 Å². The van der Waals surface area contributed by atoms with Gasteiger partial charge in [0.15, 0.2) is 0 Å². The zero-order chi connectivity index (χ0) is 11.7. The van der Waals surface area contributed by atoms with Crippen molar-refractivity contribution >= 4 is 0 Å². The summed E-state index contributed by atoms with van der Waals surface area (Å²) in [4.78, 5) is 2.25. The molecule has 92 valence electrons. The van der Waals surface area contributed by atoms with Crippen molar-refractivity contribution in [2.75, 3.05) is 27.2 Å². The van der Waals surface area contributed by atoms with E-state index in [9.17, 15) is 0 Å². The fourth-order valence-corrected chi connectivity index (χ4v) is 1.75. The Morgan fingerprint density at radius 3 is 2.27 bits per heavy atom.